The van der Waals surface area contributed by atoms with Crippen molar-refractivity contribution in [2.45, 2.75) is 25.9 Å². The summed E-state index contributed by atoms with van der Waals surface area (Å²) in [4.78, 5) is 48.2. The van der Waals surface area contributed by atoms with Crippen LogP contribution in [0.3, 0.4) is 0 Å². The number of hydrogen-bond acceptors (Lipinski definition) is 4. The second-order valence-corrected chi connectivity index (χ2v) is 6.37. The summed E-state index contributed by atoms with van der Waals surface area (Å²) in [5.41, 5.74) is 2.49. The molecule has 2 atom stereocenters. The fraction of sp³-hybridized carbons (Fsp3) is 0.200. The zero-order valence-corrected chi connectivity index (χ0v) is 14.8. The van der Waals surface area contributed by atoms with Gasteiger partial charge in [-0.2, -0.15) is 0 Å². The van der Waals surface area contributed by atoms with Crippen LogP contribution in [0.5, 0.6) is 0 Å². The van der Waals surface area contributed by atoms with Crippen molar-refractivity contribution in [3.8, 4) is 11.1 Å². The Morgan fingerprint density at radius 3 is 2.15 bits per heavy atom. The third-order valence-electron chi connectivity index (χ3n) is 4.46. The summed E-state index contributed by atoms with van der Waals surface area (Å²) < 4.78 is 0. The molecule has 27 heavy (non-hydrogen) atoms. The van der Waals surface area contributed by atoms with Crippen LogP contribution >= 0.6 is 0 Å². The van der Waals surface area contributed by atoms with Crippen LogP contribution in [0, 0.1) is 0 Å². The first-order chi connectivity index (χ1) is 12.8. The number of carbonyl (C=O) groups is 4. The van der Waals surface area contributed by atoms with Crippen molar-refractivity contribution in [1.82, 2.24) is 10.6 Å². The molecule has 138 valence electrons. The molecular weight excluding hydrogens is 348 g/mol. The molecule has 2 aromatic carbocycles. The van der Waals surface area contributed by atoms with E-state index in [0.717, 1.165) is 0 Å². The summed E-state index contributed by atoms with van der Waals surface area (Å²) in [6.45, 7) is 2.80. The van der Waals surface area contributed by atoms with E-state index < -0.39 is 29.9 Å². The lowest BCUT2D eigenvalue weighted by molar-refractivity contribution is -0.141. The molecule has 2 amide bonds. The minimum absolute atomic E-state index is 0.142. The van der Waals surface area contributed by atoms with Gasteiger partial charge in [0.1, 0.15) is 12.1 Å². The number of benzene rings is 2. The smallest absolute Gasteiger partial charge is 0.325 e. The molecule has 2 aromatic rings. The lowest BCUT2D eigenvalue weighted by atomic mass is 9.98. The highest BCUT2D eigenvalue weighted by atomic mass is 16.4. The molecule has 0 unspecified atom stereocenters. The molecule has 0 spiro atoms. The zero-order valence-electron chi connectivity index (χ0n) is 14.8. The van der Waals surface area contributed by atoms with Gasteiger partial charge in [-0.3, -0.25) is 19.2 Å². The molecule has 3 N–H and O–H groups in total. The fourth-order valence-corrected chi connectivity index (χ4v) is 3.01. The molecule has 0 heterocycles. The van der Waals surface area contributed by atoms with Crippen molar-refractivity contribution in [1.29, 1.82) is 0 Å². The topological polar surface area (TPSA) is 113 Å². The van der Waals surface area contributed by atoms with Gasteiger partial charge in [-0.1, -0.05) is 36.4 Å². The largest absolute Gasteiger partial charge is 0.480 e. The number of fused-ring (bicyclic) bond motifs is 3. The summed E-state index contributed by atoms with van der Waals surface area (Å²) in [5.74, 6) is -2.43. The number of aliphatic carboxylic acids is 1. The molecule has 0 bridgehead atoms. The number of carboxylic acid groups (broad SMARTS) is 1. The molecule has 0 aromatic heterocycles. The van der Waals surface area contributed by atoms with Crippen LogP contribution in [0.1, 0.15) is 40.1 Å². The highest BCUT2D eigenvalue weighted by Crippen LogP contribution is 2.38. The number of carbonyl (C=O) groups excluding carboxylic acids is 3. The monoisotopic (exact) mass is 366 g/mol. The summed E-state index contributed by atoms with van der Waals surface area (Å²) in [6.07, 6.45) is 0. The maximum Gasteiger partial charge on any atom is 0.325 e. The first-order valence-electron chi connectivity index (χ1n) is 8.42. The van der Waals surface area contributed by atoms with Gasteiger partial charge >= 0.3 is 5.97 Å². The average Bonchev–Trinajstić information content (AvgIpc) is 2.94. The Labute approximate surface area is 155 Å². The van der Waals surface area contributed by atoms with Crippen LogP contribution in [-0.2, 0) is 9.59 Å². The predicted molar refractivity (Wildman–Crippen MR) is 97.5 cm³/mol. The van der Waals surface area contributed by atoms with Gasteiger partial charge in [-0.25, -0.2) is 0 Å². The first-order valence-corrected chi connectivity index (χ1v) is 8.42. The molecule has 1 aliphatic carbocycles. The van der Waals surface area contributed by atoms with E-state index in [1.165, 1.54) is 13.8 Å². The average molecular weight is 366 g/mol. The lowest BCUT2D eigenvalue weighted by Crippen LogP contribution is -2.49. The van der Waals surface area contributed by atoms with Crippen molar-refractivity contribution in [2.75, 3.05) is 0 Å². The maximum absolute atomic E-state index is 12.7. The van der Waals surface area contributed by atoms with Gasteiger partial charge < -0.3 is 15.7 Å². The Morgan fingerprint density at radius 2 is 1.48 bits per heavy atom. The zero-order chi connectivity index (χ0) is 19.7. The van der Waals surface area contributed by atoms with Gasteiger partial charge in [0.15, 0.2) is 5.78 Å². The number of hydrogen-bond donors (Lipinski definition) is 3. The highest BCUT2D eigenvalue weighted by Gasteiger charge is 2.31. The minimum Gasteiger partial charge on any atom is -0.480 e. The van der Waals surface area contributed by atoms with E-state index >= 15 is 0 Å². The van der Waals surface area contributed by atoms with E-state index in [1.54, 1.807) is 42.5 Å². The van der Waals surface area contributed by atoms with Crippen LogP contribution in [-0.4, -0.2) is 40.8 Å². The molecule has 0 aliphatic heterocycles. The molecule has 0 saturated carbocycles. The molecule has 7 heteroatoms. The van der Waals surface area contributed by atoms with E-state index in [4.69, 9.17) is 5.11 Å². The van der Waals surface area contributed by atoms with E-state index in [-0.39, 0.29) is 11.3 Å². The molecule has 0 radical (unpaired) electrons. The Balaban J connectivity index is 1.85. The second kappa shape index (κ2) is 7.03. The number of rotatable bonds is 5. The summed E-state index contributed by atoms with van der Waals surface area (Å²) in [6, 6.07) is 9.91. The van der Waals surface area contributed by atoms with Crippen molar-refractivity contribution < 1.29 is 24.3 Å². The van der Waals surface area contributed by atoms with Gasteiger partial charge in [0.2, 0.25) is 5.91 Å². The summed E-state index contributed by atoms with van der Waals surface area (Å²) >= 11 is 0. The maximum atomic E-state index is 12.7. The van der Waals surface area contributed by atoms with E-state index in [2.05, 4.69) is 10.6 Å². The molecule has 0 saturated heterocycles. The molecule has 3 rings (SSSR count). The van der Waals surface area contributed by atoms with Gasteiger partial charge in [0, 0.05) is 22.3 Å². The molecule has 7 nitrogen and oxygen atoms in total. The van der Waals surface area contributed by atoms with Gasteiger partial charge in [-0.05, 0) is 25.5 Å². The van der Waals surface area contributed by atoms with Gasteiger partial charge in [0.25, 0.3) is 5.91 Å². The van der Waals surface area contributed by atoms with Gasteiger partial charge in [-0.15, -0.1) is 0 Å². The number of nitrogens with one attached hydrogen (secondary N) is 2. The SMILES string of the molecule is C[C@H](NC(=O)[C@H](C)NC(=O)c1cccc2c1-c1ccccc1C2=O)C(=O)O. The highest BCUT2D eigenvalue weighted by molar-refractivity contribution is 6.24. The predicted octanol–water partition coefficient (Wildman–Crippen LogP) is 1.61. The van der Waals surface area contributed by atoms with Crippen LogP contribution in [0.15, 0.2) is 42.5 Å². The van der Waals surface area contributed by atoms with Crippen LogP contribution < -0.4 is 10.6 Å². The Morgan fingerprint density at radius 1 is 0.852 bits per heavy atom. The van der Waals surface area contributed by atoms with Crippen LogP contribution in [0.4, 0.5) is 0 Å². The van der Waals surface area contributed by atoms with Gasteiger partial charge in [0.05, 0.1) is 0 Å². The van der Waals surface area contributed by atoms with E-state index in [1.807, 2.05) is 0 Å². The summed E-state index contributed by atoms with van der Waals surface area (Å²) in [5, 5.41) is 13.7. The third-order valence-corrected chi connectivity index (χ3v) is 4.46. The third kappa shape index (κ3) is 3.31. The molecule has 1 aliphatic rings. The molecule has 0 fully saturated rings. The Bertz CT molecular complexity index is 967. The van der Waals surface area contributed by atoms with E-state index in [9.17, 15) is 19.2 Å². The lowest BCUT2D eigenvalue weighted by Gasteiger charge is -2.17. The van der Waals surface area contributed by atoms with Crippen molar-refractivity contribution >= 4 is 23.6 Å². The quantitative estimate of drug-likeness (QED) is 0.635. The van der Waals surface area contributed by atoms with Crippen molar-refractivity contribution in [2.24, 2.45) is 0 Å². The fourth-order valence-electron chi connectivity index (χ4n) is 3.01. The Hall–Kier alpha value is -3.48. The van der Waals surface area contributed by atoms with Crippen molar-refractivity contribution in [3.63, 3.8) is 0 Å². The van der Waals surface area contributed by atoms with E-state index in [0.29, 0.717) is 22.3 Å². The number of amides is 2. The number of carboxylic acids is 1. The normalized spacial score (nSPS) is 13.9. The standard InChI is InChI=1S/C20H18N2O5/c1-10(18(24)22-11(2)20(26)27)21-19(25)15-9-5-8-14-16(15)12-6-3-4-7-13(12)17(14)23/h3-11H,1-2H3,(H,21,25)(H,22,24)(H,26,27)/t10-,11-/m0/s1. The second-order valence-electron chi connectivity index (χ2n) is 6.37. The molecular formula is C20H18N2O5. The summed E-state index contributed by atoms with van der Waals surface area (Å²) in [7, 11) is 0. The first kappa shape index (κ1) is 18.3. The van der Waals surface area contributed by atoms with Crippen LogP contribution in [0.2, 0.25) is 0 Å². The minimum atomic E-state index is -1.17. The van der Waals surface area contributed by atoms with Crippen LogP contribution in [0.25, 0.3) is 11.1 Å². The Kier molecular flexibility index (Phi) is 4.77. The van der Waals surface area contributed by atoms with Crippen molar-refractivity contribution in [3.05, 3.63) is 59.2 Å². The number of ketones is 1.